The van der Waals surface area contributed by atoms with E-state index in [1.807, 2.05) is 0 Å². The van der Waals surface area contributed by atoms with Gasteiger partial charge in [-0.2, -0.15) is 0 Å². The van der Waals surface area contributed by atoms with Crippen LogP contribution >= 0.6 is 15.6 Å². The molecule has 0 aromatic carbocycles. The average molecular weight is 1760 g/mol. The van der Waals surface area contributed by atoms with Gasteiger partial charge in [-0.15, -0.1) is 0 Å². The number of aliphatic hydroxyl groups excluding tert-OH is 2. The third-order valence-corrected chi connectivity index (χ3v) is 22.2. The molecule has 0 aromatic heterocycles. The number of phosphoric ester groups is 2. The SMILES string of the molecule is CC/C=C\C/C=C\C/C=C\C/C=C\C/C=C\C/C=C\CCCCCCCCCCCCCCCCC(=O)OCC(O)COP(=O)(O)OCC(O)COP(=O)(O)OCC(COC(=O)CCCCCCCCCCCCCC/C=C\C/C=C\C/C=C\C/C=C\C/C=C\C/C=C\CC)OC(=O)CCCCCCCCC/C=C\C/C=C\C/C=C\C/C=C\CCCCC. The Morgan fingerprint density at radius 3 is 0.683 bits per heavy atom. The Kier molecular flexibility index (Phi) is 91.1. The summed E-state index contributed by atoms with van der Waals surface area (Å²) in [5, 5.41) is 20.8. The van der Waals surface area contributed by atoms with Crippen LogP contribution in [0.15, 0.2) is 194 Å². The van der Waals surface area contributed by atoms with Crippen LogP contribution in [0, 0.1) is 0 Å². The molecule has 702 valence electrons. The van der Waals surface area contributed by atoms with Gasteiger partial charge in [-0.25, -0.2) is 9.13 Å². The van der Waals surface area contributed by atoms with E-state index in [0.29, 0.717) is 19.3 Å². The van der Waals surface area contributed by atoms with Gasteiger partial charge in [-0.3, -0.25) is 32.5 Å². The van der Waals surface area contributed by atoms with Crippen LogP contribution < -0.4 is 0 Å². The Bertz CT molecular complexity index is 3020. The zero-order valence-corrected chi connectivity index (χ0v) is 79.3. The molecule has 0 saturated heterocycles. The summed E-state index contributed by atoms with van der Waals surface area (Å²) in [5.41, 5.74) is 0. The maximum Gasteiger partial charge on any atom is 0.472 e. The fourth-order valence-corrected chi connectivity index (χ4v) is 14.6. The first-order chi connectivity index (χ1) is 60.2. The van der Waals surface area contributed by atoms with Crippen molar-refractivity contribution in [3.63, 3.8) is 0 Å². The third kappa shape index (κ3) is 96.9. The Labute approximate surface area is 750 Å². The summed E-state index contributed by atoms with van der Waals surface area (Å²) < 4.78 is 61.6. The Morgan fingerprint density at radius 1 is 0.236 bits per heavy atom. The van der Waals surface area contributed by atoms with Gasteiger partial charge in [0.05, 0.1) is 26.4 Å². The monoisotopic (exact) mass is 1760 g/mol. The van der Waals surface area contributed by atoms with Gasteiger partial charge in [0.1, 0.15) is 25.4 Å². The zero-order valence-electron chi connectivity index (χ0n) is 77.5. The van der Waals surface area contributed by atoms with Crippen LogP contribution in [0.4, 0.5) is 0 Å². The molecule has 0 amide bonds. The fourth-order valence-electron chi connectivity index (χ4n) is 13.0. The van der Waals surface area contributed by atoms with Crippen LogP contribution in [0.1, 0.15) is 393 Å². The van der Waals surface area contributed by atoms with Crippen LogP contribution in [-0.2, 0) is 55.8 Å². The van der Waals surface area contributed by atoms with Crippen LogP contribution in [0.3, 0.4) is 0 Å². The summed E-state index contributed by atoms with van der Waals surface area (Å²) in [7, 11) is -9.82. The summed E-state index contributed by atoms with van der Waals surface area (Å²) in [6.45, 7) is 2.45. The number of allylic oxidation sites excluding steroid dienone is 32. The molecule has 16 nitrogen and oxygen atoms in total. The summed E-state index contributed by atoms with van der Waals surface area (Å²) in [5.74, 6) is -1.58. The van der Waals surface area contributed by atoms with E-state index in [0.717, 1.165) is 199 Å². The molecular weight excluding hydrogens is 1580 g/mol. The predicted octanol–water partition coefficient (Wildman–Crippen LogP) is 30.6. The van der Waals surface area contributed by atoms with E-state index in [2.05, 4.69) is 215 Å². The molecule has 0 aromatic rings. The first kappa shape index (κ1) is 117. The predicted molar refractivity (Wildman–Crippen MR) is 518 cm³/mol. The van der Waals surface area contributed by atoms with Gasteiger partial charge in [-0.1, -0.05) is 401 Å². The molecule has 0 aliphatic heterocycles. The number of hydrogen-bond acceptors (Lipinski definition) is 14. The highest BCUT2D eigenvalue weighted by Gasteiger charge is 2.30. The van der Waals surface area contributed by atoms with E-state index in [1.165, 1.54) is 135 Å². The molecule has 0 fully saturated rings. The van der Waals surface area contributed by atoms with Gasteiger partial charge in [0, 0.05) is 19.3 Å². The lowest BCUT2D eigenvalue weighted by atomic mass is 10.0. The van der Waals surface area contributed by atoms with E-state index < -0.39 is 91.5 Å². The Morgan fingerprint density at radius 2 is 0.431 bits per heavy atom. The number of carbonyl (C=O) groups is 3. The van der Waals surface area contributed by atoms with Crippen molar-refractivity contribution in [2.45, 2.75) is 411 Å². The molecule has 0 spiro atoms. The van der Waals surface area contributed by atoms with Crippen molar-refractivity contribution in [2.75, 3.05) is 39.6 Å². The quantitative estimate of drug-likeness (QED) is 0.0146. The van der Waals surface area contributed by atoms with Gasteiger partial charge in [0.25, 0.3) is 0 Å². The molecule has 5 atom stereocenters. The minimum atomic E-state index is -4.95. The number of phosphoric acid groups is 2. The summed E-state index contributed by atoms with van der Waals surface area (Å²) in [4.78, 5) is 59.1. The molecule has 0 aliphatic carbocycles. The lowest BCUT2D eigenvalue weighted by Crippen LogP contribution is -2.30. The van der Waals surface area contributed by atoms with E-state index in [4.69, 9.17) is 32.3 Å². The highest BCUT2D eigenvalue weighted by atomic mass is 31.2. The number of carbonyl (C=O) groups excluding carboxylic acids is 3. The first-order valence-electron chi connectivity index (χ1n) is 48.7. The van der Waals surface area contributed by atoms with Crippen molar-refractivity contribution >= 4 is 33.6 Å². The van der Waals surface area contributed by atoms with Crippen molar-refractivity contribution < 1.29 is 75.8 Å². The second-order valence-corrected chi connectivity index (χ2v) is 35.0. The number of unbranched alkanes of at least 4 members (excludes halogenated alkanes) is 36. The number of aliphatic hydroxyl groups is 2. The normalized spacial score (nSPS) is 14.6. The third-order valence-electron chi connectivity index (χ3n) is 20.3. The molecule has 0 bridgehead atoms. The van der Waals surface area contributed by atoms with Crippen molar-refractivity contribution in [1.82, 2.24) is 0 Å². The van der Waals surface area contributed by atoms with Crippen LogP contribution in [-0.4, -0.2) is 95.9 Å². The molecule has 0 radical (unpaired) electrons. The van der Waals surface area contributed by atoms with Crippen molar-refractivity contribution in [2.24, 2.45) is 0 Å². The van der Waals surface area contributed by atoms with E-state index in [1.54, 1.807) is 0 Å². The van der Waals surface area contributed by atoms with E-state index in [-0.39, 0.29) is 19.3 Å². The summed E-state index contributed by atoms with van der Waals surface area (Å²) in [6, 6.07) is 0. The topological polar surface area (TPSA) is 231 Å². The molecule has 0 aliphatic rings. The van der Waals surface area contributed by atoms with E-state index >= 15 is 0 Å². The number of ether oxygens (including phenoxy) is 3. The number of rotatable bonds is 91. The Hall–Kier alpha value is -5.61. The number of hydrogen-bond donors (Lipinski definition) is 4. The standard InChI is InChI=1S/C105H176O16P2/c1-4-7-10-13-16-19-22-25-28-31-34-37-40-42-44-46-48-49-51-53-54-56-59-61-64-67-70-73-76-79-82-85-88-91-103(108)115-94-100(106)95-117-122(111,112)118-96-101(107)97-119-123(113,114)120-99-102(121-105(110)93-90-87-84-81-78-75-72-69-66-63-58-39-36-33-30-27-24-21-18-15-12-9-6-3)98-116-104(109)92-89-86-83-80-77-74-71-68-65-62-60-57-55-52-50-47-45-43-41-38-35-32-29-26-23-20-17-14-11-8-5-2/h7-8,10-11,16-21,25-30,34-39,42-45,48-50,52,63,66,100-102,106-107H,4-6,9,12-15,22-24,31-33,40-41,46-47,51,53-62,64-65,67-99H2,1-3H3,(H,111,112)(H,113,114)/b10-7-,11-8-,19-16-,20-17-,21-18-,28-25-,29-26-,30-27-,37-34-,38-35-,39-36-,44-42-,45-43-,49-48-,52-50-,66-63-. The molecule has 18 heteroatoms. The second kappa shape index (κ2) is 95.5. The summed E-state index contributed by atoms with van der Waals surface area (Å²) >= 11 is 0. The van der Waals surface area contributed by atoms with E-state index in [9.17, 15) is 43.5 Å². The maximum absolute atomic E-state index is 13.1. The average Bonchev–Trinajstić information content (AvgIpc) is 0.898. The highest BCUT2D eigenvalue weighted by molar-refractivity contribution is 7.47. The molecule has 0 saturated carbocycles. The van der Waals surface area contributed by atoms with Gasteiger partial charge < -0.3 is 34.2 Å². The van der Waals surface area contributed by atoms with Crippen LogP contribution in [0.25, 0.3) is 0 Å². The minimum absolute atomic E-state index is 0.0870. The molecule has 5 unspecified atom stereocenters. The summed E-state index contributed by atoms with van der Waals surface area (Å²) in [6.07, 6.45) is 128. The highest BCUT2D eigenvalue weighted by Crippen LogP contribution is 2.45. The van der Waals surface area contributed by atoms with Crippen LogP contribution in [0.5, 0.6) is 0 Å². The number of esters is 3. The van der Waals surface area contributed by atoms with Crippen molar-refractivity contribution in [1.29, 1.82) is 0 Å². The van der Waals surface area contributed by atoms with Crippen LogP contribution in [0.2, 0.25) is 0 Å². The van der Waals surface area contributed by atoms with Gasteiger partial charge >= 0.3 is 33.6 Å². The smallest absolute Gasteiger partial charge is 0.463 e. The maximum atomic E-state index is 13.1. The molecule has 0 rings (SSSR count). The van der Waals surface area contributed by atoms with Crippen molar-refractivity contribution in [3.8, 4) is 0 Å². The molecular formula is C105H176O16P2. The largest absolute Gasteiger partial charge is 0.472 e. The second-order valence-electron chi connectivity index (χ2n) is 32.1. The first-order valence-corrected chi connectivity index (χ1v) is 51.7. The molecule has 4 N–H and O–H groups in total. The van der Waals surface area contributed by atoms with Crippen molar-refractivity contribution in [3.05, 3.63) is 194 Å². The Balaban J connectivity index is 4.61. The molecule has 123 heavy (non-hydrogen) atoms. The zero-order chi connectivity index (χ0) is 89.3. The fraction of sp³-hybridized carbons (Fsp3) is 0.667. The van der Waals surface area contributed by atoms with Gasteiger partial charge in [0.15, 0.2) is 6.10 Å². The minimum Gasteiger partial charge on any atom is -0.463 e. The lowest BCUT2D eigenvalue weighted by Gasteiger charge is -2.21. The van der Waals surface area contributed by atoms with Gasteiger partial charge in [0.2, 0.25) is 0 Å². The molecule has 0 heterocycles. The van der Waals surface area contributed by atoms with Gasteiger partial charge in [-0.05, 0) is 167 Å². The lowest BCUT2D eigenvalue weighted by molar-refractivity contribution is -0.161.